The Bertz CT molecular complexity index is 965. The highest BCUT2D eigenvalue weighted by atomic mass is 31.2. The lowest BCUT2D eigenvalue weighted by Gasteiger charge is -2.31. The molecule has 0 amide bonds. The number of carbonyl (C=O) groups excluding carboxylic acids is 2. The molecule has 0 fully saturated rings. The summed E-state index contributed by atoms with van der Waals surface area (Å²) in [7, 11) is 1.32. The van der Waals surface area contributed by atoms with Crippen molar-refractivity contribution >= 4 is 39.8 Å². The second-order valence-corrected chi connectivity index (χ2v) is 9.72. The van der Waals surface area contributed by atoms with Gasteiger partial charge in [-0.2, -0.15) is 0 Å². The van der Waals surface area contributed by atoms with Crippen LogP contribution in [-0.2, 0) is 14.3 Å². The Labute approximate surface area is 171 Å². The van der Waals surface area contributed by atoms with Gasteiger partial charge >= 0.3 is 5.97 Å². The van der Waals surface area contributed by atoms with Gasteiger partial charge in [0.1, 0.15) is 5.29 Å². The standard InChI is InChI=1S/C25H23O3P/c1-3-13-23(26)24(25(27)28-2)29(20-14-7-4-8-15-20,21-16-9-5-10-17-21)22-18-11-6-12-19-22/h3-19H,1-2H3/b13-3+. The SMILES string of the molecule is C/C=C/C(=O)C(C(=O)OC)=P(c1ccccc1)(c1ccccc1)c1ccccc1. The molecular weight excluding hydrogens is 379 g/mol. The second kappa shape index (κ2) is 9.36. The predicted molar refractivity (Wildman–Crippen MR) is 122 cm³/mol. The molecule has 0 aliphatic rings. The van der Waals surface area contributed by atoms with Gasteiger partial charge in [-0.1, -0.05) is 97.1 Å². The second-order valence-electron chi connectivity index (χ2n) is 6.38. The number of rotatable bonds is 6. The van der Waals surface area contributed by atoms with E-state index in [2.05, 4.69) is 0 Å². The van der Waals surface area contributed by atoms with Gasteiger partial charge in [-0.25, -0.2) is 4.79 Å². The quantitative estimate of drug-likeness (QED) is 0.274. The largest absolute Gasteiger partial charge is 0.465 e. The third kappa shape index (κ3) is 3.87. The van der Waals surface area contributed by atoms with Crippen LogP contribution in [0.2, 0.25) is 0 Å². The third-order valence-electron chi connectivity index (χ3n) is 4.70. The summed E-state index contributed by atoms with van der Waals surface area (Å²) in [5.74, 6) is -0.928. The summed E-state index contributed by atoms with van der Waals surface area (Å²) >= 11 is 0. The average molecular weight is 402 g/mol. The molecule has 0 spiro atoms. The molecule has 0 saturated heterocycles. The van der Waals surface area contributed by atoms with E-state index < -0.39 is 12.9 Å². The van der Waals surface area contributed by atoms with Crippen molar-refractivity contribution in [1.82, 2.24) is 0 Å². The molecule has 0 radical (unpaired) electrons. The first-order valence-electron chi connectivity index (χ1n) is 9.35. The van der Waals surface area contributed by atoms with E-state index in [1.807, 2.05) is 91.0 Å². The lowest BCUT2D eigenvalue weighted by molar-refractivity contribution is -0.133. The fraction of sp³-hybridized carbons (Fsp3) is 0.0800. The number of ketones is 1. The molecule has 0 unspecified atom stereocenters. The molecule has 0 aliphatic carbocycles. The number of methoxy groups -OCH3 is 1. The molecular formula is C25H23O3P. The van der Waals surface area contributed by atoms with Gasteiger partial charge in [-0.15, -0.1) is 0 Å². The summed E-state index contributed by atoms with van der Waals surface area (Å²) in [6, 6.07) is 29.3. The van der Waals surface area contributed by atoms with Crippen molar-refractivity contribution in [2.45, 2.75) is 6.92 Å². The fourth-order valence-electron chi connectivity index (χ4n) is 3.52. The van der Waals surface area contributed by atoms with Crippen molar-refractivity contribution < 1.29 is 14.3 Å². The number of benzene rings is 3. The van der Waals surface area contributed by atoms with Gasteiger partial charge in [0.2, 0.25) is 0 Å². The molecule has 0 atom stereocenters. The maximum Gasteiger partial charge on any atom is 0.342 e. The van der Waals surface area contributed by atoms with Crippen LogP contribution in [0.5, 0.6) is 0 Å². The van der Waals surface area contributed by atoms with Gasteiger partial charge in [-0.3, -0.25) is 4.79 Å². The lowest BCUT2D eigenvalue weighted by Crippen LogP contribution is -2.37. The number of hydrogen-bond acceptors (Lipinski definition) is 3. The molecule has 0 aliphatic heterocycles. The summed E-state index contributed by atoms with van der Waals surface area (Å²) < 4.78 is 5.15. The first kappa shape index (κ1) is 20.6. The van der Waals surface area contributed by atoms with Crippen molar-refractivity contribution in [2.75, 3.05) is 7.11 Å². The van der Waals surface area contributed by atoms with E-state index in [9.17, 15) is 9.59 Å². The zero-order chi connectivity index (χ0) is 20.7. The molecule has 4 heteroatoms. The van der Waals surface area contributed by atoms with E-state index in [-0.39, 0.29) is 11.1 Å². The van der Waals surface area contributed by atoms with Crippen molar-refractivity contribution in [3.63, 3.8) is 0 Å². The first-order chi connectivity index (χ1) is 14.2. The van der Waals surface area contributed by atoms with Crippen molar-refractivity contribution in [3.05, 3.63) is 103 Å². The van der Waals surface area contributed by atoms with Crippen molar-refractivity contribution in [2.24, 2.45) is 0 Å². The average Bonchev–Trinajstić information content (AvgIpc) is 2.79. The van der Waals surface area contributed by atoms with Crippen LogP contribution < -0.4 is 15.9 Å². The third-order valence-corrected chi connectivity index (χ3v) is 8.99. The fourth-order valence-corrected chi connectivity index (χ4v) is 7.82. The van der Waals surface area contributed by atoms with Crippen LogP contribution in [0.4, 0.5) is 0 Å². The normalized spacial score (nSPS) is 11.2. The molecule has 0 aromatic heterocycles. The molecule has 146 valence electrons. The minimum atomic E-state index is -2.78. The monoisotopic (exact) mass is 402 g/mol. The summed E-state index contributed by atoms with van der Waals surface area (Å²) in [6.07, 6.45) is 3.09. The Morgan fingerprint density at radius 1 is 0.724 bits per heavy atom. The number of hydrogen-bond donors (Lipinski definition) is 0. The zero-order valence-corrected chi connectivity index (χ0v) is 17.4. The topological polar surface area (TPSA) is 43.4 Å². The molecule has 3 nitrogen and oxygen atoms in total. The summed E-state index contributed by atoms with van der Waals surface area (Å²) in [5.41, 5.74) is 0. The van der Waals surface area contributed by atoms with E-state index in [1.165, 1.54) is 13.2 Å². The number of allylic oxidation sites excluding steroid dienone is 2. The molecule has 3 rings (SSSR count). The number of ether oxygens (including phenoxy) is 1. The van der Waals surface area contributed by atoms with Crippen LogP contribution in [0.15, 0.2) is 103 Å². The Hall–Kier alpha value is -3.16. The molecule has 0 N–H and O–H groups in total. The molecule has 3 aromatic carbocycles. The van der Waals surface area contributed by atoms with Gasteiger partial charge in [0.05, 0.1) is 7.11 Å². The molecule has 0 bridgehead atoms. The van der Waals surface area contributed by atoms with E-state index in [0.29, 0.717) is 0 Å². The maximum absolute atomic E-state index is 13.3. The highest BCUT2D eigenvalue weighted by Crippen LogP contribution is 2.46. The highest BCUT2D eigenvalue weighted by molar-refractivity contribution is 7.97. The zero-order valence-electron chi connectivity index (χ0n) is 16.5. The minimum absolute atomic E-state index is 0.168. The van der Waals surface area contributed by atoms with Gasteiger partial charge in [0, 0.05) is 0 Å². The number of carbonyl (C=O) groups is 2. The van der Waals surface area contributed by atoms with E-state index in [1.54, 1.807) is 13.0 Å². The molecule has 0 heterocycles. The van der Waals surface area contributed by atoms with Crippen LogP contribution in [0.3, 0.4) is 0 Å². The summed E-state index contributed by atoms with van der Waals surface area (Å²) in [4.78, 5) is 26.4. The minimum Gasteiger partial charge on any atom is -0.465 e. The lowest BCUT2D eigenvalue weighted by atomic mass is 10.2. The Balaban J connectivity index is 2.65. The number of esters is 1. The summed E-state index contributed by atoms with van der Waals surface area (Å²) in [6.45, 7) is -1.02. The van der Waals surface area contributed by atoms with Crippen LogP contribution in [-0.4, -0.2) is 24.2 Å². The van der Waals surface area contributed by atoms with Crippen molar-refractivity contribution in [3.8, 4) is 0 Å². The van der Waals surface area contributed by atoms with E-state index in [4.69, 9.17) is 4.74 Å². The summed E-state index contributed by atoms with van der Waals surface area (Å²) in [5, 5.41) is 2.95. The maximum atomic E-state index is 13.3. The Kier molecular flexibility index (Phi) is 6.64. The van der Waals surface area contributed by atoms with Crippen LogP contribution in [0.25, 0.3) is 0 Å². The van der Waals surface area contributed by atoms with Crippen LogP contribution in [0.1, 0.15) is 6.92 Å². The predicted octanol–water partition coefficient (Wildman–Crippen LogP) is 3.47. The molecule has 29 heavy (non-hydrogen) atoms. The van der Waals surface area contributed by atoms with Gasteiger partial charge in [-0.05, 0) is 35.8 Å². The molecule has 3 aromatic rings. The Morgan fingerprint density at radius 3 is 1.41 bits per heavy atom. The van der Waals surface area contributed by atoms with Gasteiger partial charge in [0.25, 0.3) is 0 Å². The highest BCUT2D eigenvalue weighted by Gasteiger charge is 2.36. The van der Waals surface area contributed by atoms with Gasteiger partial charge in [0.15, 0.2) is 5.78 Å². The van der Waals surface area contributed by atoms with Gasteiger partial charge < -0.3 is 4.74 Å². The Morgan fingerprint density at radius 2 is 1.10 bits per heavy atom. The van der Waals surface area contributed by atoms with E-state index >= 15 is 0 Å². The van der Waals surface area contributed by atoms with Crippen molar-refractivity contribution in [1.29, 1.82) is 0 Å². The smallest absolute Gasteiger partial charge is 0.342 e. The van der Waals surface area contributed by atoms with E-state index in [0.717, 1.165) is 15.9 Å². The first-order valence-corrected chi connectivity index (χ1v) is 11.1. The van der Waals surface area contributed by atoms with Crippen LogP contribution in [0, 0.1) is 0 Å². The molecule has 0 saturated carbocycles. The van der Waals surface area contributed by atoms with Crippen LogP contribution >= 0.6 is 6.89 Å².